The van der Waals surface area contributed by atoms with E-state index >= 15 is 0 Å². The maximum absolute atomic E-state index is 10.9. The van der Waals surface area contributed by atoms with Gasteiger partial charge in [0.2, 0.25) is 0 Å². The third-order valence-electron chi connectivity index (χ3n) is 3.23. The van der Waals surface area contributed by atoms with Crippen molar-refractivity contribution in [3.63, 3.8) is 0 Å². The zero-order chi connectivity index (χ0) is 14.0. The molecule has 100 valence electrons. The molecule has 19 heavy (non-hydrogen) atoms. The number of hydrogen-bond donors (Lipinski definition) is 1. The SMILES string of the molecule is Cc1c(Cl)cnn1Cc1ccc(C(C)C(=O)O)cc1. The van der Waals surface area contributed by atoms with Gasteiger partial charge in [0.25, 0.3) is 0 Å². The molecule has 0 spiro atoms. The normalized spacial score (nSPS) is 12.4. The first kappa shape index (κ1) is 13.6. The lowest BCUT2D eigenvalue weighted by molar-refractivity contribution is -0.138. The molecule has 1 aromatic carbocycles. The van der Waals surface area contributed by atoms with Gasteiger partial charge in [0, 0.05) is 0 Å². The van der Waals surface area contributed by atoms with E-state index in [0.717, 1.165) is 16.8 Å². The minimum absolute atomic E-state index is 0.491. The predicted molar refractivity (Wildman–Crippen MR) is 73.6 cm³/mol. The zero-order valence-corrected chi connectivity index (χ0v) is 11.6. The molecule has 1 atom stereocenters. The van der Waals surface area contributed by atoms with Crippen LogP contribution in [-0.2, 0) is 11.3 Å². The van der Waals surface area contributed by atoms with E-state index in [9.17, 15) is 4.79 Å². The summed E-state index contributed by atoms with van der Waals surface area (Å²) in [4.78, 5) is 10.9. The first-order valence-corrected chi connectivity index (χ1v) is 6.36. The first-order valence-electron chi connectivity index (χ1n) is 5.98. The lowest BCUT2D eigenvalue weighted by atomic mass is 10.0. The van der Waals surface area contributed by atoms with Crippen LogP contribution < -0.4 is 0 Å². The fourth-order valence-electron chi connectivity index (χ4n) is 1.81. The highest BCUT2D eigenvalue weighted by Crippen LogP contribution is 2.18. The highest BCUT2D eigenvalue weighted by atomic mass is 35.5. The molecular formula is C14H15ClN2O2. The van der Waals surface area contributed by atoms with Crippen LogP contribution in [0.25, 0.3) is 0 Å². The number of benzene rings is 1. The summed E-state index contributed by atoms with van der Waals surface area (Å²) in [6.07, 6.45) is 1.62. The molecular weight excluding hydrogens is 264 g/mol. The molecule has 2 aromatic rings. The van der Waals surface area contributed by atoms with Crippen molar-refractivity contribution in [3.05, 3.63) is 52.3 Å². The van der Waals surface area contributed by atoms with Gasteiger partial charge in [-0.2, -0.15) is 5.10 Å². The van der Waals surface area contributed by atoms with Crippen molar-refractivity contribution in [1.82, 2.24) is 9.78 Å². The summed E-state index contributed by atoms with van der Waals surface area (Å²) < 4.78 is 1.82. The van der Waals surface area contributed by atoms with Crippen LogP contribution in [-0.4, -0.2) is 20.9 Å². The van der Waals surface area contributed by atoms with E-state index in [4.69, 9.17) is 16.7 Å². The van der Waals surface area contributed by atoms with E-state index in [1.165, 1.54) is 0 Å². The average molecular weight is 279 g/mol. The van der Waals surface area contributed by atoms with E-state index in [1.807, 2.05) is 35.9 Å². The maximum Gasteiger partial charge on any atom is 0.310 e. The Hall–Kier alpha value is -1.81. The molecule has 1 aromatic heterocycles. The number of carbonyl (C=O) groups is 1. The van der Waals surface area contributed by atoms with Crippen LogP contribution in [0, 0.1) is 6.92 Å². The molecule has 0 aliphatic rings. The largest absolute Gasteiger partial charge is 0.481 e. The first-order chi connectivity index (χ1) is 8.99. The Morgan fingerprint density at radius 2 is 2.05 bits per heavy atom. The second kappa shape index (κ2) is 5.45. The predicted octanol–water partition coefficient (Wildman–Crippen LogP) is 3.08. The van der Waals surface area contributed by atoms with E-state index < -0.39 is 11.9 Å². The van der Waals surface area contributed by atoms with Crippen molar-refractivity contribution in [2.24, 2.45) is 0 Å². The maximum atomic E-state index is 10.9. The Balaban J connectivity index is 2.15. The number of nitrogens with zero attached hydrogens (tertiary/aromatic N) is 2. The minimum atomic E-state index is -0.817. The number of rotatable bonds is 4. The van der Waals surface area contributed by atoms with Gasteiger partial charge < -0.3 is 5.11 Å². The molecule has 5 heteroatoms. The summed E-state index contributed by atoms with van der Waals surface area (Å²) in [5.74, 6) is -1.31. The van der Waals surface area contributed by atoms with Crippen LogP contribution in [0.5, 0.6) is 0 Å². The van der Waals surface area contributed by atoms with Crippen molar-refractivity contribution in [3.8, 4) is 0 Å². The molecule has 0 saturated carbocycles. The van der Waals surface area contributed by atoms with Gasteiger partial charge in [-0.3, -0.25) is 9.48 Å². The van der Waals surface area contributed by atoms with Gasteiger partial charge in [-0.25, -0.2) is 0 Å². The summed E-state index contributed by atoms with van der Waals surface area (Å²) in [5, 5.41) is 13.8. The fourth-order valence-corrected chi connectivity index (χ4v) is 1.95. The van der Waals surface area contributed by atoms with Gasteiger partial charge in [0.1, 0.15) is 0 Å². The molecule has 0 saturated heterocycles. The molecule has 0 aliphatic carbocycles. The summed E-state index contributed by atoms with van der Waals surface area (Å²) in [7, 11) is 0. The molecule has 1 N–H and O–H groups in total. The second-order valence-electron chi connectivity index (χ2n) is 4.54. The smallest absolute Gasteiger partial charge is 0.310 e. The molecule has 0 aliphatic heterocycles. The summed E-state index contributed by atoms with van der Waals surface area (Å²) in [6.45, 7) is 4.21. The van der Waals surface area contributed by atoms with Crippen molar-refractivity contribution in [2.75, 3.05) is 0 Å². The zero-order valence-electron chi connectivity index (χ0n) is 10.8. The molecule has 4 nitrogen and oxygen atoms in total. The number of carboxylic acid groups (broad SMARTS) is 1. The van der Waals surface area contributed by atoms with E-state index in [0.29, 0.717) is 11.6 Å². The fraction of sp³-hybridized carbons (Fsp3) is 0.286. The van der Waals surface area contributed by atoms with Crippen molar-refractivity contribution in [2.45, 2.75) is 26.3 Å². The van der Waals surface area contributed by atoms with Gasteiger partial charge in [0.15, 0.2) is 0 Å². The molecule has 2 rings (SSSR count). The van der Waals surface area contributed by atoms with Crippen LogP contribution in [0.3, 0.4) is 0 Å². The van der Waals surface area contributed by atoms with E-state index in [2.05, 4.69) is 5.10 Å². The monoisotopic (exact) mass is 278 g/mol. The topological polar surface area (TPSA) is 55.1 Å². The Kier molecular flexibility index (Phi) is 3.90. The molecule has 0 bridgehead atoms. The number of aliphatic carboxylic acids is 1. The third kappa shape index (κ3) is 2.96. The van der Waals surface area contributed by atoms with Crippen LogP contribution in [0.15, 0.2) is 30.5 Å². The number of carboxylic acids is 1. The van der Waals surface area contributed by atoms with Gasteiger partial charge >= 0.3 is 5.97 Å². The quantitative estimate of drug-likeness (QED) is 0.935. The van der Waals surface area contributed by atoms with Crippen molar-refractivity contribution >= 4 is 17.6 Å². The van der Waals surface area contributed by atoms with E-state index in [1.54, 1.807) is 13.1 Å². The number of aromatic nitrogens is 2. The van der Waals surface area contributed by atoms with E-state index in [-0.39, 0.29) is 0 Å². The Morgan fingerprint density at radius 1 is 1.42 bits per heavy atom. The molecule has 1 unspecified atom stereocenters. The summed E-state index contributed by atoms with van der Waals surface area (Å²) in [6, 6.07) is 7.52. The Labute approximate surface area is 116 Å². The summed E-state index contributed by atoms with van der Waals surface area (Å²) in [5.41, 5.74) is 2.78. The lowest BCUT2D eigenvalue weighted by Crippen LogP contribution is -2.08. The highest BCUT2D eigenvalue weighted by molar-refractivity contribution is 6.31. The number of hydrogen-bond acceptors (Lipinski definition) is 2. The highest BCUT2D eigenvalue weighted by Gasteiger charge is 2.13. The standard InChI is InChI=1S/C14H15ClN2O2/c1-9(14(18)19)12-5-3-11(4-6-12)8-17-10(2)13(15)7-16-17/h3-7,9H,8H2,1-2H3,(H,18,19). The van der Waals surface area contributed by atoms with Gasteiger partial charge in [0.05, 0.1) is 29.4 Å². The van der Waals surface area contributed by atoms with Gasteiger partial charge in [-0.15, -0.1) is 0 Å². The van der Waals surface area contributed by atoms with Crippen LogP contribution >= 0.6 is 11.6 Å². The molecule has 1 heterocycles. The minimum Gasteiger partial charge on any atom is -0.481 e. The van der Waals surface area contributed by atoms with Crippen molar-refractivity contribution in [1.29, 1.82) is 0 Å². The number of halogens is 1. The second-order valence-corrected chi connectivity index (χ2v) is 4.94. The summed E-state index contributed by atoms with van der Waals surface area (Å²) >= 11 is 5.95. The van der Waals surface area contributed by atoms with Gasteiger partial charge in [-0.05, 0) is 25.0 Å². The Bertz CT molecular complexity index is 590. The van der Waals surface area contributed by atoms with Crippen molar-refractivity contribution < 1.29 is 9.90 Å². The molecule has 0 radical (unpaired) electrons. The Morgan fingerprint density at radius 3 is 2.53 bits per heavy atom. The van der Waals surface area contributed by atoms with Crippen LogP contribution in [0.4, 0.5) is 0 Å². The molecule has 0 amide bonds. The average Bonchev–Trinajstić information content (AvgIpc) is 2.71. The van der Waals surface area contributed by atoms with Crippen LogP contribution in [0.1, 0.15) is 29.7 Å². The van der Waals surface area contributed by atoms with Gasteiger partial charge in [-0.1, -0.05) is 35.9 Å². The molecule has 0 fully saturated rings. The van der Waals surface area contributed by atoms with Crippen LogP contribution in [0.2, 0.25) is 5.02 Å². The third-order valence-corrected chi connectivity index (χ3v) is 3.60. The lowest BCUT2D eigenvalue weighted by Gasteiger charge is -2.09.